The third-order valence-electron chi connectivity index (χ3n) is 7.37. The number of aliphatic hydroxyl groups excluding tert-OH is 1. The minimum absolute atomic E-state index is 0.0256. The van der Waals surface area contributed by atoms with E-state index >= 15 is 0 Å². The molecule has 0 saturated carbocycles. The molecule has 9 nitrogen and oxygen atoms in total. The summed E-state index contributed by atoms with van der Waals surface area (Å²) >= 11 is 1.50. The van der Waals surface area contributed by atoms with E-state index in [1.54, 1.807) is 28.9 Å². The Morgan fingerprint density at radius 3 is 2.17 bits per heavy atom. The Morgan fingerprint density at radius 2 is 1.48 bits per heavy atom. The number of benzene rings is 4. The molecule has 1 aromatic heterocycles. The van der Waals surface area contributed by atoms with Crippen LogP contribution in [-0.4, -0.2) is 42.3 Å². The Kier molecular flexibility index (Phi) is 8.59. The second-order valence-electron chi connectivity index (χ2n) is 10.0. The van der Waals surface area contributed by atoms with E-state index < -0.39 is 6.29 Å². The molecule has 4 atom stereocenters. The largest absolute Gasteiger partial charge is 0.508 e. The van der Waals surface area contributed by atoms with Crippen LogP contribution in [0.25, 0.3) is 5.69 Å². The molecule has 4 N–H and O–H groups in total. The average molecular weight is 582 g/mol. The smallest absolute Gasteiger partial charge is 0.214 e. The Morgan fingerprint density at radius 1 is 0.786 bits per heavy atom. The first-order valence-corrected chi connectivity index (χ1v) is 14.7. The van der Waals surface area contributed by atoms with Gasteiger partial charge in [-0.3, -0.25) is 0 Å². The van der Waals surface area contributed by atoms with Gasteiger partial charge in [-0.2, -0.15) is 4.68 Å². The lowest BCUT2D eigenvalue weighted by molar-refractivity contribution is -0.255. The van der Waals surface area contributed by atoms with Crippen molar-refractivity contribution in [2.45, 2.75) is 42.7 Å². The van der Waals surface area contributed by atoms with E-state index in [0.717, 1.165) is 33.5 Å². The van der Waals surface area contributed by atoms with Crippen molar-refractivity contribution in [1.82, 2.24) is 20.2 Å². The van der Waals surface area contributed by atoms with E-state index in [1.165, 1.54) is 11.8 Å². The molecule has 214 valence electrons. The highest BCUT2D eigenvalue weighted by Gasteiger charge is 2.42. The number of nitrogens with zero attached hydrogens (tertiary/aromatic N) is 4. The summed E-state index contributed by atoms with van der Waals surface area (Å²) in [5.41, 5.74) is 11.4. The van der Waals surface area contributed by atoms with Crippen molar-refractivity contribution in [3.8, 4) is 11.4 Å². The van der Waals surface area contributed by atoms with E-state index in [9.17, 15) is 10.2 Å². The SMILES string of the molecule is NCc1ccc(C2O[C@H](CSc3nnnn3-c3ccc(O)cc3)[C@@H](c3ccccc3)[C@H](c3ccc(CO)cc3)O2)cc1. The zero-order chi connectivity index (χ0) is 28.9. The Labute approximate surface area is 247 Å². The first-order valence-electron chi connectivity index (χ1n) is 13.7. The van der Waals surface area contributed by atoms with Gasteiger partial charge in [-0.1, -0.05) is 90.6 Å². The van der Waals surface area contributed by atoms with Crippen molar-refractivity contribution in [3.63, 3.8) is 0 Å². The molecule has 5 aromatic rings. The fourth-order valence-corrected chi connectivity index (χ4v) is 6.10. The van der Waals surface area contributed by atoms with E-state index in [1.807, 2.05) is 66.7 Å². The molecule has 0 amide bonds. The second-order valence-corrected chi connectivity index (χ2v) is 11.0. The molecule has 1 fully saturated rings. The van der Waals surface area contributed by atoms with Gasteiger partial charge in [-0.15, -0.1) is 5.10 Å². The number of aliphatic hydroxyl groups is 1. The van der Waals surface area contributed by atoms with Crippen LogP contribution < -0.4 is 5.73 Å². The Balaban J connectivity index is 1.36. The second kappa shape index (κ2) is 12.8. The van der Waals surface area contributed by atoms with Crippen LogP contribution in [0.1, 0.15) is 46.1 Å². The molecule has 1 aliphatic rings. The van der Waals surface area contributed by atoms with Gasteiger partial charge in [0.25, 0.3) is 0 Å². The number of aromatic nitrogens is 4. The van der Waals surface area contributed by atoms with Crippen molar-refractivity contribution in [2.75, 3.05) is 5.75 Å². The van der Waals surface area contributed by atoms with Crippen LogP contribution in [0.4, 0.5) is 0 Å². The van der Waals surface area contributed by atoms with Crippen molar-refractivity contribution < 1.29 is 19.7 Å². The number of ether oxygens (including phenoxy) is 2. The third-order valence-corrected chi connectivity index (χ3v) is 8.38. The maximum atomic E-state index is 9.72. The van der Waals surface area contributed by atoms with Gasteiger partial charge in [-0.05, 0) is 56.9 Å². The molecule has 1 aliphatic heterocycles. The number of nitrogens with two attached hydrogens (primary N) is 1. The van der Waals surface area contributed by atoms with E-state index in [2.05, 4.69) is 27.7 Å². The maximum Gasteiger partial charge on any atom is 0.214 e. The van der Waals surface area contributed by atoms with Crippen molar-refractivity contribution in [2.24, 2.45) is 5.73 Å². The van der Waals surface area contributed by atoms with Crippen LogP contribution in [-0.2, 0) is 22.6 Å². The standard InChI is InChI=1S/C32H31N5O4S/c33-18-21-6-12-25(13-7-21)31-40-28(20-42-32-34-35-36-37(32)26-14-16-27(39)17-15-26)29(23-4-2-1-3-5-23)30(41-31)24-10-8-22(19-38)9-11-24/h1-17,28-31,38-39H,18-20,33H2/t28-,29-,30+,31?/m1/s1. The lowest BCUT2D eigenvalue weighted by Crippen LogP contribution is -2.38. The number of phenolic OH excluding ortho intramolecular Hbond substituents is 1. The minimum Gasteiger partial charge on any atom is -0.508 e. The molecule has 4 aromatic carbocycles. The first kappa shape index (κ1) is 28.1. The van der Waals surface area contributed by atoms with Crippen molar-refractivity contribution in [3.05, 3.63) is 131 Å². The molecule has 0 aliphatic carbocycles. The van der Waals surface area contributed by atoms with E-state index in [-0.39, 0.29) is 30.5 Å². The summed E-state index contributed by atoms with van der Waals surface area (Å²) < 4.78 is 15.1. The van der Waals surface area contributed by atoms with Crippen LogP contribution >= 0.6 is 11.8 Å². The quantitative estimate of drug-likeness (QED) is 0.205. The molecule has 10 heteroatoms. The first-order chi connectivity index (χ1) is 20.6. The van der Waals surface area contributed by atoms with Gasteiger partial charge in [-0.25, -0.2) is 0 Å². The molecule has 0 bridgehead atoms. The van der Waals surface area contributed by atoms with Crippen molar-refractivity contribution in [1.29, 1.82) is 0 Å². The predicted molar refractivity (Wildman–Crippen MR) is 159 cm³/mol. The number of phenols is 1. The molecular weight excluding hydrogens is 550 g/mol. The molecule has 2 heterocycles. The fraction of sp³-hybridized carbons (Fsp3) is 0.219. The highest BCUT2D eigenvalue weighted by atomic mass is 32.2. The number of hydrogen-bond acceptors (Lipinski definition) is 9. The van der Waals surface area contributed by atoms with Crippen LogP contribution in [0.3, 0.4) is 0 Å². The molecule has 1 unspecified atom stereocenters. The molecule has 6 rings (SSSR count). The summed E-state index contributed by atoms with van der Waals surface area (Å²) in [5, 5.41) is 32.3. The highest BCUT2D eigenvalue weighted by molar-refractivity contribution is 7.99. The summed E-state index contributed by atoms with van der Waals surface area (Å²) in [5.74, 6) is 0.575. The van der Waals surface area contributed by atoms with Crippen LogP contribution in [0.5, 0.6) is 5.75 Å². The summed E-state index contributed by atoms with van der Waals surface area (Å²) in [7, 11) is 0. The molecule has 1 saturated heterocycles. The van der Waals surface area contributed by atoms with Gasteiger partial charge in [0.1, 0.15) is 5.75 Å². The lowest BCUT2D eigenvalue weighted by atomic mass is 9.84. The normalized spacial score (nSPS) is 20.4. The summed E-state index contributed by atoms with van der Waals surface area (Å²) in [6.45, 7) is 0.430. The number of thioether (sulfide) groups is 1. The van der Waals surface area contributed by atoms with Gasteiger partial charge in [0.2, 0.25) is 5.16 Å². The zero-order valence-electron chi connectivity index (χ0n) is 22.7. The molecule has 0 spiro atoms. The predicted octanol–water partition coefficient (Wildman–Crippen LogP) is 5.05. The number of hydrogen-bond donors (Lipinski definition) is 3. The average Bonchev–Trinajstić information content (AvgIpc) is 3.53. The number of rotatable bonds is 9. The highest BCUT2D eigenvalue weighted by Crippen LogP contribution is 2.48. The van der Waals surface area contributed by atoms with E-state index in [0.29, 0.717) is 17.5 Å². The molecular formula is C32H31N5O4S. The van der Waals surface area contributed by atoms with Gasteiger partial charge < -0.3 is 25.4 Å². The number of aromatic hydroxyl groups is 1. The summed E-state index contributed by atoms with van der Waals surface area (Å²) in [4.78, 5) is 0. The van der Waals surface area contributed by atoms with Crippen molar-refractivity contribution >= 4 is 11.8 Å². The maximum absolute atomic E-state index is 9.72. The van der Waals surface area contributed by atoms with Gasteiger partial charge in [0, 0.05) is 23.8 Å². The van der Waals surface area contributed by atoms with Gasteiger partial charge in [0.15, 0.2) is 6.29 Å². The molecule has 42 heavy (non-hydrogen) atoms. The monoisotopic (exact) mass is 581 g/mol. The minimum atomic E-state index is -0.613. The Hall–Kier alpha value is -4.06. The van der Waals surface area contributed by atoms with Gasteiger partial charge >= 0.3 is 0 Å². The van der Waals surface area contributed by atoms with Crippen LogP contribution in [0.2, 0.25) is 0 Å². The molecule has 0 radical (unpaired) electrons. The lowest BCUT2D eigenvalue weighted by Gasteiger charge is -2.43. The van der Waals surface area contributed by atoms with Crippen LogP contribution in [0, 0.1) is 0 Å². The summed E-state index contributed by atoms with van der Waals surface area (Å²) in [6.07, 6.45) is -1.22. The number of tetrazole rings is 1. The third kappa shape index (κ3) is 6.08. The topological polar surface area (TPSA) is 129 Å². The van der Waals surface area contributed by atoms with E-state index in [4.69, 9.17) is 15.2 Å². The Bertz CT molecular complexity index is 1580. The zero-order valence-corrected chi connectivity index (χ0v) is 23.5. The van der Waals surface area contributed by atoms with Gasteiger partial charge in [0.05, 0.1) is 24.5 Å². The van der Waals surface area contributed by atoms with Crippen LogP contribution in [0.15, 0.2) is 108 Å². The fourth-order valence-electron chi connectivity index (χ4n) is 5.14. The summed E-state index contributed by atoms with van der Waals surface area (Å²) in [6, 6.07) is 32.8.